The summed E-state index contributed by atoms with van der Waals surface area (Å²) in [6.45, 7) is 2.69. The standard InChI is InChI=1S/C20H24F5N3O/c1-11-6-14(22)9-28(11)19(29)26-17-4-2-12-8-27(10-15(12)17)18-5-3-13(21)7-16(18)20(23,24)25/h3,5,7,11-12,14-15,17H,2,4,6,8-10H2,1H3,(H,26,29)/t11?,12-,14-,15+,17+/m1/s1. The quantitative estimate of drug-likeness (QED) is 0.732. The summed E-state index contributed by atoms with van der Waals surface area (Å²) in [6.07, 6.45) is -3.78. The molecule has 2 saturated heterocycles. The maximum Gasteiger partial charge on any atom is 0.418 e. The Kier molecular flexibility index (Phi) is 5.11. The van der Waals surface area contributed by atoms with Crippen molar-refractivity contribution in [1.29, 1.82) is 0 Å². The molecule has 4 nitrogen and oxygen atoms in total. The maximum atomic E-state index is 13.6. The summed E-state index contributed by atoms with van der Waals surface area (Å²) in [4.78, 5) is 15.7. The van der Waals surface area contributed by atoms with Gasteiger partial charge in [-0.25, -0.2) is 13.6 Å². The summed E-state index contributed by atoms with van der Waals surface area (Å²) < 4.78 is 67.1. The Morgan fingerprint density at radius 1 is 1.17 bits per heavy atom. The molecule has 1 N–H and O–H groups in total. The fourth-order valence-corrected chi connectivity index (χ4v) is 5.14. The van der Waals surface area contributed by atoms with Crippen LogP contribution in [0.4, 0.5) is 32.4 Å². The number of anilines is 1. The molecule has 1 unspecified atom stereocenters. The van der Waals surface area contributed by atoms with Gasteiger partial charge in [-0.2, -0.15) is 13.2 Å². The Hall–Kier alpha value is -2.06. The highest BCUT2D eigenvalue weighted by atomic mass is 19.4. The third-order valence-corrected chi connectivity index (χ3v) is 6.56. The number of carbonyl (C=O) groups excluding carboxylic acids is 1. The lowest BCUT2D eigenvalue weighted by molar-refractivity contribution is -0.137. The van der Waals surface area contributed by atoms with Gasteiger partial charge in [0, 0.05) is 43.2 Å². The van der Waals surface area contributed by atoms with E-state index in [0.717, 1.165) is 18.9 Å². The van der Waals surface area contributed by atoms with Gasteiger partial charge in [-0.15, -0.1) is 0 Å². The average molecular weight is 417 g/mol. The van der Waals surface area contributed by atoms with Crippen LogP contribution in [-0.4, -0.2) is 48.8 Å². The van der Waals surface area contributed by atoms with Crippen LogP contribution >= 0.6 is 0 Å². The molecule has 4 rings (SSSR count). The number of amides is 2. The number of urea groups is 1. The van der Waals surface area contributed by atoms with E-state index < -0.39 is 23.7 Å². The Morgan fingerprint density at radius 2 is 1.93 bits per heavy atom. The first-order valence-corrected chi connectivity index (χ1v) is 9.96. The first-order valence-electron chi connectivity index (χ1n) is 9.96. The predicted octanol–water partition coefficient (Wildman–Crippen LogP) is 4.20. The molecule has 1 aliphatic carbocycles. The molecule has 5 atom stereocenters. The van der Waals surface area contributed by atoms with Crippen molar-refractivity contribution in [2.75, 3.05) is 24.5 Å². The smallest absolute Gasteiger partial charge is 0.370 e. The molecule has 9 heteroatoms. The number of fused-ring (bicyclic) bond motifs is 1. The van der Waals surface area contributed by atoms with Crippen molar-refractivity contribution in [2.45, 2.75) is 50.6 Å². The number of nitrogens with zero attached hydrogens (tertiary/aromatic N) is 2. The van der Waals surface area contributed by atoms with Crippen LogP contribution in [0.3, 0.4) is 0 Å². The van der Waals surface area contributed by atoms with E-state index in [0.29, 0.717) is 25.6 Å². The summed E-state index contributed by atoms with van der Waals surface area (Å²) in [6, 6.07) is 2.12. The first kappa shape index (κ1) is 20.2. The molecule has 1 saturated carbocycles. The lowest BCUT2D eigenvalue weighted by Crippen LogP contribution is -2.48. The number of halogens is 5. The molecule has 0 aromatic heterocycles. The highest BCUT2D eigenvalue weighted by Gasteiger charge is 2.46. The van der Waals surface area contributed by atoms with Crippen molar-refractivity contribution in [3.63, 3.8) is 0 Å². The van der Waals surface area contributed by atoms with Gasteiger partial charge in [0.25, 0.3) is 0 Å². The Balaban J connectivity index is 1.46. The molecule has 0 radical (unpaired) electrons. The number of likely N-dealkylation sites (tertiary alicyclic amines) is 1. The van der Waals surface area contributed by atoms with Crippen molar-refractivity contribution in [1.82, 2.24) is 10.2 Å². The highest BCUT2D eigenvalue weighted by molar-refractivity contribution is 5.75. The second kappa shape index (κ2) is 7.32. The van der Waals surface area contributed by atoms with E-state index in [1.54, 1.807) is 11.8 Å². The molecule has 2 amide bonds. The fourth-order valence-electron chi connectivity index (χ4n) is 5.14. The Bertz CT molecular complexity index is 786. The third kappa shape index (κ3) is 3.88. The minimum Gasteiger partial charge on any atom is -0.370 e. The van der Waals surface area contributed by atoms with Gasteiger partial charge in [-0.1, -0.05) is 0 Å². The lowest BCUT2D eigenvalue weighted by atomic mass is 9.98. The molecule has 2 heterocycles. The van der Waals surface area contributed by atoms with Crippen LogP contribution in [0, 0.1) is 17.7 Å². The molecular formula is C20H24F5N3O. The van der Waals surface area contributed by atoms with E-state index in [1.807, 2.05) is 0 Å². The van der Waals surface area contributed by atoms with Crippen LogP contribution in [0.25, 0.3) is 0 Å². The molecule has 1 aromatic carbocycles. The third-order valence-electron chi connectivity index (χ3n) is 6.56. The van der Waals surface area contributed by atoms with Crippen molar-refractivity contribution < 1.29 is 26.7 Å². The van der Waals surface area contributed by atoms with Gasteiger partial charge in [0.2, 0.25) is 0 Å². The zero-order valence-corrected chi connectivity index (χ0v) is 16.1. The van der Waals surface area contributed by atoms with Gasteiger partial charge in [0.1, 0.15) is 12.0 Å². The van der Waals surface area contributed by atoms with Gasteiger partial charge in [-0.3, -0.25) is 0 Å². The summed E-state index contributed by atoms with van der Waals surface area (Å²) in [7, 11) is 0. The van der Waals surface area contributed by atoms with Crippen LogP contribution in [0.1, 0.15) is 31.7 Å². The SMILES string of the molecule is CC1C[C@@H](F)CN1C(=O)N[C@H]1CC[C@@H]2CN(c3ccc(F)cc3C(F)(F)F)C[C@@H]21. The van der Waals surface area contributed by atoms with Crippen LogP contribution in [0.15, 0.2) is 18.2 Å². The predicted molar refractivity (Wildman–Crippen MR) is 97.8 cm³/mol. The monoisotopic (exact) mass is 417 g/mol. The van der Waals surface area contributed by atoms with Crippen molar-refractivity contribution in [3.8, 4) is 0 Å². The number of alkyl halides is 4. The van der Waals surface area contributed by atoms with Crippen LogP contribution < -0.4 is 10.2 Å². The minimum absolute atomic E-state index is 0.0177. The van der Waals surface area contributed by atoms with E-state index in [4.69, 9.17) is 0 Å². The molecule has 3 aliphatic rings. The Morgan fingerprint density at radius 3 is 2.59 bits per heavy atom. The second-order valence-electron chi connectivity index (χ2n) is 8.46. The van der Waals surface area contributed by atoms with Crippen LogP contribution in [0.2, 0.25) is 0 Å². The van der Waals surface area contributed by atoms with E-state index in [1.165, 1.54) is 11.0 Å². The van der Waals surface area contributed by atoms with E-state index >= 15 is 0 Å². The summed E-state index contributed by atoms with van der Waals surface area (Å²) >= 11 is 0. The van der Waals surface area contributed by atoms with Gasteiger partial charge in [0.05, 0.1) is 12.1 Å². The largest absolute Gasteiger partial charge is 0.418 e. The van der Waals surface area contributed by atoms with Crippen molar-refractivity contribution in [2.24, 2.45) is 11.8 Å². The number of benzene rings is 1. The number of hydrogen-bond donors (Lipinski definition) is 1. The van der Waals surface area contributed by atoms with Gasteiger partial charge in [0.15, 0.2) is 0 Å². The number of nitrogens with one attached hydrogen (secondary N) is 1. The zero-order valence-electron chi connectivity index (χ0n) is 16.1. The maximum absolute atomic E-state index is 13.6. The zero-order chi connectivity index (χ0) is 20.9. The first-order chi connectivity index (χ1) is 13.6. The molecule has 0 bridgehead atoms. The molecule has 2 aliphatic heterocycles. The fraction of sp³-hybridized carbons (Fsp3) is 0.650. The molecule has 1 aromatic rings. The van der Waals surface area contributed by atoms with Crippen molar-refractivity contribution in [3.05, 3.63) is 29.6 Å². The molecule has 0 spiro atoms. The van der Waals surface area contributed by atoms with E-state index in [-0.39, 0.29) is 42.2 Å². The summed E-state index contributed by atoms with van der Waals surface area (Å²) in [5, 5.41) is 2.98. The highest BCUT2D eigenvalue weighted by Crippen LogP contribution is 2.44. The molecule has 3 fully saturated rings. The van der Waals surface area contributed by atoms with Crippen LogP contribution in [0.5, 0.6) is 0 Å². The summed E-state index contributed by atoms with van der Waals surface area (Å²) in [5.74, 6) is -0.739. The second-order valence-corrected chi connectivity index (χ2v) is 8.46. The topological polar surface area (TPSA) is 35.6 Å². The minimum atomic E-state index is -4.64. The Labute approximate surface area is 166 Å². The molecular weight excluding hydrogens is 393 g/mol. The average Bonchev–Trinajstić information content (AvgIpc) is 3.29. The lowest BCUT2D eigenvalue weighted by Gasteiger charge is -2.28. The number of carbonyl (C=O) groups is 1. The van der Waals surface area contributed by atoms with E-state index in [2.05, 4.69) is 5.32 Å². The summed E-state index contributed by atoms with van der Waals surface area (Å²) in [5.41, 5.74) is -0.996. The van der Waals surface area contributed by atoms with Crippen molar-refractivity contribution >= 4 is 11.7 Å². The van der Waals surface area contributed by atoms with Crippen LogP contribution in [-0.2, 0) is 6.18 Å². The molecule has 160 valence electrons. The normalized spacial score (nSPS) is 32.0. The van der Waals surface area contributed by atoms with Gasteiger partial charge >= 0.3 is 12.2 Å². The number of hydrogen-bond acceptors (Lipinski definition) is 2. The van der Waals surface area contributed by atoms with Gasteiger partial charge in [-0.05, 0) is 43.9 Å². The molecule has 29 heavy (non-hydrogen) atoms. The number of rotatable bonds is 2. The van der Waals surface area contributed by atoms with Gasteiger partial charge < -0.3 is 15.1 Å². The van der Waals surface area contributed by atoms with E-state index in [9.17, 15) is 26.7 Å².